The molecule has 0 saturated carbocycles. The van der Waals surface area contributed by atoms with Gasteiger partial charge in [-0.15, -0.1) is 0 Å². The third-order valence-electron chi connectivity index (χ3n) is 8.03. The fourth-order valence-corrected chi connectivity index (χ4v) is 6.10. The van der Waals surface area contributed by atoms with Gasteiger partial charge < -0.3 is 4.90 Å². The molecule has 0 saturated heterocycles. The minimum atomic E-state index is -0.0396. The number of anilines is 3. The monoisotopic (exact) mass is 487 g/mol. The van der Waals surface area contributed by atoms with E-state index in [1.807, 2.05) is 0 Å². The van der Waals surface area contributed by atoms with Crippen molar-refractivity contribution in [2.45, 2.75) is 19.3 Å². The number of nitrogens with zero attached hydrogens (tertiary/aromatic N) is 1. The Kier molecular flexibility index (Phi) is 5.19. The molecule has 0 radical (unpaired) electrons. The molecule has 0 aliphatic heterocycles. The van der Waals surface area contributed by atoms with Crippen LogP contribution in [-0.2, 0) is 5.41 Å². The van der Waals surface area contributed by atoms with Crippen molar-refractivity contribution in [2.24, 2.45) is 0 Å². The SMILES string of the molecule is CC1(C)c2cc3ccccc3cc2-c2c(-c3ccc(N(c4ccccc4)c4ccccc4)cc3)cccc21. The molecule has 7 rings (SSSR count). The molecular formula is C37H29N. The summed E-state index contributed by atoms with van der Waals surface area (Å²) in [6, 6.07) is 50.5. The smallest absolute Gasteiger partial charge is 0.0462 e. The largest absolute Gasteiger partial charge is 0.311 e. The van der Waals surface area contributed by atoms with Crippen molar-refractivity contribution in [1.82, 2.24) is 0 Å². The molecule has 6 aromatic carbocycles. The van der Waals surface area contributed by atoms with Gasteiger partial charge in [-0.3, -0.25) is 0 Å². The lowest BCUT2D eigenvalue weighted by Gasteiger charge is -2.25. The Morgan fingerprint density at radius 1 is 0.447 bits per heavy atom. The topological polar surface area (TPSA) is 3.24 Å². The summed E-state index contributed by atoms with van der Waals surface area (Å²) in [5, 5.41) is 2.60. The molecule has 0 spiro atoms. The molecule has 1 nitrogen and oxygen atoms in total. The van der Waals surface area contributed by atoms with Gasteiger partial charge in [-0.25, -0.2) is 0 Å². The molecule has 38 heavy (non-hydrogen) atoms. The molecule has 6 aromatic rings. The number of hydrogen-bond acceptors (Lipinski definition) is 1. The quantitative estimate of drug-likeness (QED) is 0.239. The Bertz CT molecular complexity index is 1720. The van der Waals surface area contributed by atoms with Gasteiger partial charge in [0.25, 0.3) is 0 Å². The summed E-state index contributed by atoms with van der Waals surface area (Å²) >= 11 is 0. The highest BCUT2D eigenvalue weighted by Gasteiger charge is 2.37. The average Bonchev–Trinajstić information content (AvgIpc) is 3.19. The first-order chi connectivity index (χ1) is 18.6. The van der Waals surface area contributed by atoms with Crippen LogP contribution in [0.1, 0.15) is 25.0 Å². The molecule has 1 heteroatoms. The molecule has 0 heterocycles. The lowest BCUT2D eigenvalue weighted by molar-refractivity contribution is 0.661. The van der Waals surface area contributed by atoms with Crippen molar-refractivity contribution >= 4 is 27.8 Å². The Labute approximate surface area is 224 Å². The van der Waals surface area contributed by atoms with Crippen molar-refractivity contribution in [2.75, 3.05) is 4.90 Å². The molecule has 0 aromatic heterocycles. The van der Waals surface area contributed by atoms with E-state index < -0.39 is 0 Å². The highest BCUT2D eigenvalue weighted by molar-refractivity contribution is 5.98. The minimum absolute atomic E-state index is 0.0396. The summed E-state index contributed by atoms with van der Waals surface area (Å²) in [6.45, 7) is 4.72. The van der Waals surface area contributed by atoms with Crippen LogP contribution in [-0.4, -0.2) is 0 Å². The molecule has 0 bridgehead atoms. The van der Waals surface area contributed by atoms with Crippen LogP contribution in [0.25, 0.3) is 33.0 Å². The van der Waals surface area contributed by atoms with Crippen LogP contribution in [0, 0.1) is 0 Å². The summed E-state index contributed by atoms with van der Waals surface area (Å²) < 4.78 is 0. The second-order valence-electron chi connectivity index (χ2n) is 10.7. The molecule has 0 atom stereocenters. The van der Waals surface area contributed by atoms with Gasteiger partial charge in [0, 0.05) is 22.5 Å². The molecule has 0 fully saturated rings. The number of benzene rings is 6. The zero-order valence-electron chi connectivity index (χ0n) is 21.7. The minimum Gasteiger partial charge on any atom is -0.311 e. The lowest BCUT2D eigenvalue weighted by Crippen LogP contribution is -2.14. The van der Waals surface area contributed by atoms with E-state index in [0.717, 1.165) is 17.1 Å². The molecule has 1 aliphatic rings. The highest BCUT2D eigenvalue weighted by Crippen LogP contribution is 2.53. The molecule has 0 unspecified atom stereocenters. The van der Waals surface area contributed by atoms with Gasteiger partial charge in [0.1, 0.15) is 0 Å². The van der Waals surface area contributed by atoms with Gasteiger partial charge in [0.15, 0.2) is 0 Å². The molecule has 0 N–H and O–H groups in total. The first-order valence-electron chi connectivity index (χ1n) is 13.3. The van der Waals surface area contributed by atoms with E-state index in [2.05, 4.69) is 158 Å². The van der Waals surface area contributed by atoms with E-state index >= 15 is 0 Å². The second-order valence-corrected chi connectivity index (χ2v) is 10.7. The molecular weight excluding hydrogens is 458 g/mol. The van der Waals surface area contributed by atoms with Crippen LogP contribution in [0.4, 0.5) is 17.1 Å². The van der Waals surface area contributed by atoms with Crippen LogP contribution in [0.5, 0.6) is 0 Å². The van der Waals surface area contributed by atoms with Crippen LogP contribution >= 0.6 is 0 Å². The number of hydrogen-bond donors (Lipinski definition) is 0. The van der Waals surface area contributed by atoms with E-state index in [-0.39, 0.29) is 5.41 Å². The lowest BCUT2D eigenvalue weighted by atomic mass is 9.81. The van der Waals surface area contributed by atoms with E-state index in [9.17, 15) is 0 Å². The van der Waals surface area contributed by atoms with Crippen molar-refractivity contribution in [1.29, 1.82) is 0 Å². The van der Waals surface area contributed by atoms with Crippen molar-refractivity contribution in [3.63, 3.8) is 0 Å². The maximum absolute atomic E-state index is 2.40. The first-order valence-corrected chi connectivity index (χ1v) is 13.3. The van der Waals surface area contributed by atoms with E-state index in [4.69, 9.17) is 0 Å². The average molecular weight is 488 g/mol. The maximum atomic E-state index is 2.40. The Morgan fingerprint density at radius 3 is 1.63 bits per heavy atom. The van der Waals surface area contributed by atoms with E-state index in [1.165, 1.54) is 44.2 Å². The number of fused-ring (bicyclic) bond motifs is 4. The Balaban J connectivity index is 1.36. The number of rotatable bonds is 4. The van der Waals surface area contributed by atoms with Gasteiger partial charge in [-0.1, -0.05) is 105 Å². The van der Waals surface area contributed by atoms with Gasteiger partial charge in [0.2, 0.25) is 0 Å². The van der Waals surface area contributed by atoms with Crippen LogP contribution in [0.2, 0.25) is 0 Å². The van der Waals surface area contributed by atoms with E-state index in [1.54, 1.807) is 0 Å². The summed E-state index contributed by atoms with van der Waals surface area (Å²) in [4.78, 5) is 2.31. The Morgan fingerprint density at radius 2 is 1.00 bits per heavy atom. The maximum Gasteiger partial charge on any atom is 0.0462 e. The fourth-order valence-electron chi connectivity index (χ4n) is 6.10. The molecule has 0 amide bonds. The zero-order valence-corrected chi connectivity index (χ0v) is 21.7. The standard InChI is InChI=1S/C37H29N/c1-37(2)34-19-11-18-32(36(34)33-24-27-12-9-10-13-28(27)25-35(33)37)26-20-22-31(23-21-26)38(29-14-5-3-6-15-29)30-16-7-4-8-17-30/h3-25H,1-2H3. The van der Waals surface area contributed by atoms with Gasteiger partial charge in [-0.2, -0.15) is 0 Å². The van der Waals surface area contributed by atoms with Gasteiger partial charge in [-0.05, 0) is 92.7 Å². The predicted molar refractivity (Wildman–Crippen MR) is 162 cm³/mol. The second kappa shape index (κ2) is 8.75. The zero-order chi connectivity index (χ0) is 25.7. The predicted octanol–water partition coefficient (Wildman–Crippen LogP) is 10.3. The number of para-hydroxylation sites is 2. The van der Waals surface area contributed by atoms with Crippen molar-refractivity contribution in [3.05, 3.63) is 151 Å². The highest BCUT2D eigenvalue weighted by atomic mass is 15.1. The van der Waals surface area contributed by atoms with E-state index in [0.29, 0.717) is 0 Å². The van der Waals surface area contributed by atoms with Crippen LogP contribution < -0.4 is 4.90 Å². The normalized spacial score (nSPS) is 13.2. The third-order valence-corrected chi connectivity index (χ3v) is 8.03. The summed E-state index contributed by atoms with van der Waals surface area (Å²) in [6.07, 6.45) is 0. The van der Waals surface area contributed by atoms with Crippen molar-refractivity contribution < 1.29 is 0 Å². The molecule has 1 aliphatic carbocycles. The van der Waals surface area contributed by atoms with Crippen LogP contribution in [0.3, 0.4) is 0 Å². The summed E-state index contributed by atoms with van der Waals surface area (Å²) in [5.74, 6) is 0. The Hall–Kier alpha value is -4.62. The van der Waals surface area contributed by atoms with Crippen molar-refractivity contribution in [3.8, 4) is 22.3 Å². The summed E-state index contributed by atoms with van der Waals surface area (Å²) in [5.41, 5.74) is 11.5. The third kappa shape index (κ3) is 3.55. The first kappa shape index (κ1) is 22.6. The fraction of sp³-hybridized carbons (Fsp3) is 0.0811. The van der Waals surface area contributed by atoms with Gasteiger partial charge in [0.05, 0.1) is 0 Å². The molecule has 182 valence electrons. The summed E-state index contributed by atoms with van der Waals surface area (Å²) in [7, 11) is 0. The van der Waals surface area contributed by atoms with Gasteiger partial charge >= 0.3 is 0 Å². The van der Waals surface area contributed by atoms with Crippen LogP contribution in [0.15, 0.2) is 140 Å².